The zero-order valence-corrected chi connectivity index (χ0v) is 11.2. The minimum Gasteiger partial charge on any atom is -0.326 e. The Labute approximate surface area is 113 Å². The summed E-state index contributed by atoms with van der Waals surface area (Å²) < 4.78 is 0. The van der Waals surface area contributed by atoms with Crippen LogP contribution in [-0.4, -0.2) is 27.1 Å². The first kappa shape index (κ1) is 13.3. The van der Waals surface area contributed by atoms with Crippen molar-refractivity contribution < 1.29 is 4.79 Å². The van der Waals surface area contributed by atoms with Gasteiger partial charge in [-0.25, -0.2) is 4.98 Å². The van der Waals surface area contributed by atoms with Gasteiger partial charge in [-0.1, -0.05) is 11.8 Å². The van der Waals surface area contributed by atoms with E-state index >= 15 is 0 Å². The summed E-state index contributed by atoms with van der Waals surface area (Å²) in [5, 5.41) is 3.18. The number of carbonyl (C=O) groups excluding carboxylic acids is 1. The van der Waals surface area contributed by atoms with Gasteiger partial charge in [0.15, 0.2) is 5.16 Å². The largest absolute Gasteiger partial charge is 0.326 e. The van der Waals surface area contributed by atoms with Crippen molar-refractivity contribution in [3.63, 3.8) is 0 Å². The third kappa shape index (κ3) is 3.41. The van der Waals surface area contributed by atoms with Crippen molar-refractivity contribution in [1.82, 2.24) is 15.0 Å². The van der Waals surface area contributed by atoms with E-state index in [0.717, 1.165) is 0 Å². The number of aromatic amines is 1. The molecular weight excluding hydrogens is 264 g/mol. The molecule has 0 aliphatic rings. The van der Waals surface area contributed by atoms with Crippen LogP contribution in [0.5, 0.6) is 0 Å². The van der Waals surface area contributed by atoms with Gasteiger partial charge < -0.3 is 10.3 Å². The summed E-state index contributed by atoms with van der Waals surface area (Å²) in [5.74, 6) is -0.166. The molecule has 2 aromatic heterocycles. The molecule has 2 rings (SSSR count). The summed E-state index contributed by atoms with van der Waals surface area (Å²) in [6.45, 7) is 1.43. The summed E-state index contributed by atoms with van der Waals surface area (Å²) >= 11 is 1.34. The highest BCUT2D eigenvalue weighted by Crippen LogP contribution is 2.18. The molecule has 98 valence electrons. The van der Waals surface area contributed by atoms with Gasteiger partial charge in [0.05, 0.1) is 11.4 Å². The molecule has 0 aliphatic heterocycles. The number of aromatic nitrogens is 3. The van der Waals surface area contributed by atoms with Gasteiger partial charge in [0.25, 0.3) is 5.56 Å². The van der Waals surface area contributed by atoms with Gasteiger partial charge in [-0.3, -0.25) is 14.6 Å². The van der Waals surface area contributed by atoms with Gasteiger partial charge in [-0.15, -0.1) is 0 Å². The molecule has 6 nitrogen and oxygen atoms in total. The summed E-state index contributed by atoms with van der Waals surface area (Å²) in [6.07, 6.45) is 3.38. The van der Waals surface area contributed by atoms with E-state index < -0.39 is 0 Å². The highest BCUT2D eigenvalue weighted by atomic mass is 32.2. The number of nitrogens with zero attached hydrogens (tertiary/aromatic N) is 2. The van der Waals surface area contributed by atoms with Crippen LogP contribution in [0.1, 0.15) is 6.92 Å². The second-order valence-corrected chi connectivity index (χ2v) is 4.55. The number of hydrogen-bond donors (Lipinski definition) is 2. The van der Waals surface area contributed by atoms with E-state index in [0.29, 0.717) is 22.2 Å². The van der Waals surface area contributed by atoms with E-state index in [1.165, 1.54) is 24.8 Å². The van der Waals surface area contributed by atoms with Gasteiger partial charge in [-0.2, -0.15) is 0 Å². The normalized spacial score (nSPS) is 10.2. The predicted octanol–water partition coefficient (Wildman–Crippen LogP) is 1.51. The smallest absolute Gasteiger partial charge is 0.252 e. The Hall–Kier alpha value is -2.15. The van der Waals surface area contributed by atoms with Crippen molar-refractivity contribution in [3.8, 4) is 11.4 Å². The molecule has 0 atom stereocenters. The van der Waals surface area contributed by atoms with Gasteiger partial charge in [0, 0.05) is 24.9 Å². The van der Waals surface area contributed by atoms with Crippen molar-refractivity contribution >= 4 is 23.4 Å². The fourth-order valence-electron chi connectivity index (χ4n) is 1.51. The molecule has 19 heavy (non-hydrogen) atoms. The van der Waals surface area contributed by atoms with Crippen LogP contribution in [-0.2, 0) is 4.79 Å². The zero-order valence-electron chi connectivity index (χ0n) is 10.4. The van der Waals surface area contributed by atoms with E-state index in [2.05, 4.69) is 20.3 Å². The van der Waals surface area contributed by atoms with Crippen molar-refractivity contribution in [1.29, 1.82) is 0 Å². The topological polar surface area (TPSA) is 87.7 Å². The first-order chi connectivity index (χ1) is 9.08. The van der Waals surface area contributed by atoms with Gasteiger partial charge >= 0.3 is 0 Å². The number of thioether (sulfide) groups is 1. The molecule has 2 N–H and O–H groups in total. The minimum absolute atomic E-state index is 0.166. The first-order valence-corrected chi connectivity index (χ1v) is 6.70. The highest BCUT2D eigenvalue weighted by molar-refractivity contribution is 7.98. The minimum atomic E-state index is -0.235. The lowest BCUT2D eigenvalue weighted by Crippen LogP contribution is -2.09. The van der Waals surface area contributed by atoms with Crippen LogP contribution >= 0.6 is 11.8 Å². The lowest BCUT2D eigenvalue weighted by atomic mass is 10.2. The fourth-order valence-corrected chi connectivity index (χ4v) is 1.91. The predicted molar refractivity (Wildman–Crippen MR) is 74.2 cm³/mol. The number of rotatable bonds is 3. The monoisotopic (exact) mass is 276 g/mol. The standard InChI is InChI=1S/C12H12N4O2S/c1-7(17)14-8-3-4-13-9(5-8)10-6-11(18)16-12(15-10)19-2/h3-6H,1-2H3,(H,13,14,17)(H,15,16,18). The molecule has 0 aliphatic carbocycles. The Bertz CT molecular complexity index is 669. The van der Waals surface area contributed by atoms with Crippen LogP contribution in [0.4, 0.5) is 5.69 Å². The van der Waals surface area contributed by atoms with Crippen LogP contribution < -0.4 is 10.9 Å². The SMILES string of the molecule is CSc1nc(-c2cc(NC(C)=O)ccn2)cc(=O)[nH]1. The molecule has 7 heteroatoms. The van der Waals surface area contributed by atoms with Gasteiger partial charge in [0.1, 0.15) is 0 Å². The molecule has 0 aromatic carbocycles. The Morgan fingerprint density at radius 1 is 1.37 bits per heavy atom. The van der Waals surface area contributed by atoms with E-state index in [1.54, 1.807) is 18.3 Å². The quantitative estimate of drug-likeness (QED) is 0.655. The molecule has 0 unspecified atom stereocenters. The molecule has 0 bridgehead atoms. The van der Waals surface area contributed by atoms with Crippen LogP contribution in [0.3, 0.4) is 0 Å². The lowest BCUT2D eigenvalue weighted by Gasteiger charge is -2.05. The number of amides is 1. The molecule has 0 fully saturated rings. The molecule has 0 spiro atoms. The van der Waals surface area contributed by atoms with Crippen LogP contribution in [0.25, 0.3) is 11.4 Å². The molecule has 1 amide bonds. The summed E-state index contributed by atoms with van der Waals surface area (Å²) in [6, 6.07) is 4.72. The molecule has 2 heterocycles. The summed E-state index contributed by atoms with van der Waals surface area (Å²) in [7, 11) is 0. The second kappa shape index (κ2) is 5.66. The molecule has 0 saturated heterocycles. The average molecular weight is 276 g/mol. The number of pyridine rings is 1. The number of H-pyrrole nitrogens is 1. The molecule has 0 saturated carbocycles. The number of hydrogen-bond acceptors (Lipinski definition) is 5. The lowest BCUT2D eigenvalue weighted by molar-refractivity contribution is -0.114. The van der Waals surface area contributed by atoms with E-state index in [1.807, 2.05) is 6.26 Å². The average Bonchev–Trinajstić information content (AvgIpc) is 2.37. The maximum atomic E-state index is 11.5. The Morgan fingerprint density at radius 3 is 2.84 bits per heavy atom. The van der Waals surface area contributed by atoms with Crippen molar-refractivity contribution in [2.75, 3.05) is 11.6 Å². The van der Waals surface area contributed by atoms with Crippen LogP contribution in [0.15, 0.2) is 34.3 Å². The van der Waals surface area contributed by atoms with Crippen molar-refractivity contribution in [3.05, 3.63) is 34.7 Å². The Balaban J connectivity index is 2.43. The molecule has 0 radical (unpaired) electrons. The van der Waals surface area contributed by atoms with Gasteiger partial charge in [0.2, 0.25) is 5.91 Å². The van der Waals surface area contributed by atoms with E-state index in [9.17, 15) is 9.59 Å². The van der Waals surface area contributed by atoms with E-state index in [-0.39, 0.29) is 11.5 Å². The first-order valence-electron chi connectivity index (χ1n) is 5.48. The third-order valence-corrected chi connectivity index (χ3v) is 2.84. The van der Waals surface area contributed by atoms with Crippen molar-refractivity contribution in [2.24, 2.45) is 0 Å². The fraction of sp³-hybridized carbons (Fsp3) is 0.167. The summed E-state index contributed by atoms with van der Waals surface area (Å²) in [5.41, 5.74) is 1.39. The molecule has 2 aromatic rings. The van der Waals surface area contributed by atoms with Crippen LogP contribution in [0.2, 0.25) is 0 Å². The van der Waals surface area contributed by atoms with Crippen LogP contribution in [0, 0.1) is 0 Å². The molecular formula is C12H12N4O2S. The highest BCUT2D eigenvalue weighted by Gasteiger charge is 2.06. The number of nitrogens with one attached hydrogen (secondary N) is 2. The van der Waals surface area contributed by atoms with Crippen molar-refractivity contribution in [2.45, 2.75) is 12.1 Å². The maximum absolute atomic E-state index is 11.5. The van der Waals surface area contributed by atoms with E-state index in [4.69, 9.17) is 0 Å². The number of carbonyl (C=O) groups is 1. The number of anilines is 1. The summed E-state index contributed by atoms with van der Waals surface area (Å²) in [4.78, 5) is 33.6. The Kier molecular flexibility index (Phi) is 3.96. The zero-order chi connectivity index (χ0) is 13.8. The second-order valence-electron chi connectivity index (χ2n) is 3.75. The van der Waals surface area contributed by atoms with Gasteiger partial charge in [-0.05, 0) is 18.4 Å². The Morgan fingerprint density at radius 2 is 2.16 bits per heavy atom. The maximum Gasteiger partial charge on any atom is 0.252 e. The third-order valence-electron chi connectivity index (χ3n) is 2.26.